The number of hydrogen-bond acceptors (Lipinski definition) is 4. The molecule has 4 N–H and O–H groups in total. The Labute approximate surface area is 122 Å². The van der Waals surface area contributed by atoms with E-state index in [4.69, 9.17) is 10.2 Å². The van der Waals surface area contributed by atoms with Crippen LogP contribution in [0.3, 0.4) is 0 Å². The highest BCUT2D eigenvalue weighted by molar-refractivity contribution is 5.86. The van der Waals surface area contributed by atoms with Gasteiger partial charge in [0, 0.05) is 20.0 Å². The van der Waals surface area contributed by atoms with E-state index in [0.29, 0.717) is 6.54 Å². The third-order valence-corrected chi connectivity index (χ3v) is 2.58. The van der Waals surface area contributed by atoms with Crippen LogP contribution in [-0.4, -0.2) is 65.2 Å². The Hall–Kier alpha value is -2.32. The maximum atomic E-state index is 11.7. The molecule has 21 heavy (non-hydrogen) atoms. The third-order valence-electron chi connectivity index (χ3n) is 2.58. The highest BCUT2D eigenvalue weighted by Gasteiger charge is 2.22. The normalized spacial score (nSPS) is 11.3. The van der Waals surface area contributed by atoms with Gasteiger partial charge in [-0.25, -0.2) is 9.59 Å². The molecule has 0 spiro atoms. The summed E-state index contributed by atoms with van der Waals surface area (Å²) in [6.07, 6.45) is -0.0383. The summed E-state index contributed by atoms with van der Waals surface area (Å²) in [6.45, 7) is 1.98. The number of hydrogen-bond donors (Lipinski definition) is 4. The molecule has 1 atom stereocenters. The highest BCUT2D eigenvalue weighted by Crippen LogP contribution is 2.02. The number of aliphatic carboxylic acids is 2. The van der Waals surface area contributed by atoms with Crippen LogP contribution in [0.5, 0.6) is 0 Å². The van der Waals surface area contributed by atoms with Crippen LogP contribution < -0.4 is 10.6 Å². The van der Waals surface area contributed by atoms with Crippen molar-refractivity contribution in [3.8, 4) is 0 Å². The van der Waals surface area contributed by atoms with Gasteiger partial charge < -0.3 is 25.7 Å². The zero-order valence-corrected chi connectivity index (χ0v) is 12.1. The minimum atomic E-state index is -1.25. The van der Waals surface area contributed by atoms with Crippen LogP contribution in [0.15, 0.2) is 0 Å². The van der Waals surface area contributed by atoms with E-state index in [9.17, 15) is 19.2 Å². The van der Waals surface area contributed by atoms with E-state index in [1.165, 1.54) is 7.05 Å². The maximum absolute atomic E-state index is 11.7. The first-order valence-corrected chi connectivity index (χ1v) is 6.50. The van der Waals surface area contributed by atoms with Crippen LogP contribution in [0.4, 0.5) is 4.79 Å². The molecule has 0 aliphatic rings. The summed E-state index contributed by atoms with van der Waals surface area (Å²) in [5.41, 5.74) is 0. The predicted molar refractivity (Wildman–Crippen MR) is 72.8 cm³/mol. The van der Waals surface area contributed by atoms with Gasteiger partial charge in [0.2, 0.25) is 5.91 Å². The van der Waals surface area contributed by atoms with Gasteiger partial charge in [-0.2, -0.15) is 0 Å². The van der Waals surface area contributed by atoms with Crippen molar-refractivity contribution in [1.82, 2.24) is 15.5 Å². The van der Waals surface area contributed by atoms with E-state index in [2.05, 4.69) is 10.6 Å². The van der Waals surface area contributed by atoms with Crippen LogP contribution in [0.2, 0.25) is 0 Å². The second kappa shape index (κ2) is 9.56. The number of carbonyl (C=O) groups excluding carboxylic acids is 2. The molecular weight excluding hydrogens is 282 g/mol. The quantitative estimate of drug-likeness (QED) is 0.452. The highest BCUT2D eigenvalue weighted by atomic mass is 16.4. The topological polar surface area (TPSA) is 136 Å². The molecule has 0 aromatic heterocycles. The number of carboxylic acid groups (broad SMARTS) is 2. The maximum Gasteiger partial charge on any atom is 0.326 e. The van der Waals surface area contributed by atoms with Crippen LogP contribution in [0, 0.1) is 0 Å². The zero-order valence-electron chi connectivity index (χ0n) is 12.1. The number of amides is 3. The summed E-state index contributed by atoms with van der Waals surface area (Å²) in [5.74, 6) is -2.63. The Morgan fingerprint density at radius 2 is 1.81 bits per heavy atom. The lowest BCUT2D eigenvalue weighted by atomic mass is 10.1. The lowest BCUT2D eigenvalue weighted by molar-refractivity contribution is -0.140. The summed E-state index contributed by atoms with van der Waals surface area (Å²) >= 11 is 0. The second-order valence-electron chi connectivity index (χ2n) is 4.44. The molecule has 0 radical (unpaired) electrons. The van der Waals surface area contributed by atoms with Gasteiger partial charge >= 0.3 is 18.0 Å². The first kappa shape index (κ1) is 18.7. The molecule has 0 aromatic carbocycles. The van der Waals surface area contributed by atoms with Crippen LogP contribution >= 0.6 is 0 Å². The molecule has 0 fully saturated rings. The second-order valence-corrected chi connectivity index (χ2v) is 4.44. The van der Waals surface area contributed by atoms with E-state index < -0.39 is 24.0 Å². The van der Waals surface area contributed by atoms with Crippen molar-refractivity contribution >= 4 is 23.9 Å². The van der Waals surface area contributed by atoms with Gasteiger partial charge in [-0.05, 0) is 19.8 Å². The average molecular weight is 303 g/mol. The van der Waals surface area contributed by atoms with Crippen molar-refractivity contribution in [2.75, 3.05) is 20.1 Å². The monoisotopic (exact) mass is 303 g/mol. The fourth-order valence-corrected chi connectivity index (χ4v) is 1.51. The van der Waals surface area contributed by atoms with Gasteiger partial charge in [-0.15, -0.1) is 0 Å². The minimum absolute atomic E-state index is 0.00235. The van der Waals surface area contributed by atoms with Gasteiger partial charge in [-0.1, -0.05) is 0 Å². The fraction of sp³-hybridized carbons (Fsp3) is 0.667. The summed E-state index contributed by atoms with van der Waals surface area (Å²) in [4.78, 5) is 45.5. The first-order chi connectivity index (χ1) is 9.77. The molecule has 0 bridgehead atoms. The molecule has 9 nitrogen and oxygen atoms in total. The Morgan fingerprint density at radius 3 is 2.29 bits per heavy atom. The minimum Gasteiger partial charge on any atom is -0.481 e. The van der Waals surface area contributed by atoms with E-state index in [1.54, 1.807) is 6.92 Å². The van der Waals surface area contributed by atoms with Crippen molar-refractivity contribution in [2.24, 2.45) is 0 Å². The molecule has 0 saturated carbocycles. The number of carboxylic acids is 2. The van der Waals surface area contributed by atoms with Gasteiger partial charge in [0.25, 0.3) is 0 Å². The number of likely N-dealkylation sites (N-methyl/N-ethyl adjacent to an activating group) is 2. The molecule has 0 aliphatic carbocycles. The largest absolute Gasteiger partial charge is 0.481 e. The zero-order chi connectivity index (χ0) is 16.4. The van der Waals surface area contributed by atoms with Crippen molar-refractivity contribution in [3.63, 3.8) is 0 Å². The number of rotatable bonds is 9. The number of urea groups is 1. The summed E-state index contributed by atoms with van der Waals surface area (Å²) in [5, 5.41) is 22.2. The standard InChI is InChI=1S/C12H21N3O6/c1-3-13-9(16)7-15(2)12(21)14-8(11(19)20)5-4-6-10(17)18/h8H,3-7H2,1-2H3,(H,13,16)(H,14,21)(H,17,18)(H,19,20)/t8-/m1/s1. The molecule has 120 valence electrons. The number of nitrogens with zero attached hydrogens (tertiary/aromatic N) is 1. The summed E-state index contributed by atoms with van der Waals surface area (Å²) in [7, 11) is 1.36. The van der Waals surface area contributed by atoms with Crippen molar-refractivity contribution in [1.29, 1.82) is 0 Å². The van der Waals surface area contributed by atoms with E-state index >= 15 is 0 Å². The molecular formula is C12H21N3O6. The number of carbonyl (C=O) groups is 4. The lowest BCUT2D eigenvalue weighted by Crippen LogP contribution is -2.49. The Bertz CT molecular complexity index is 398. The molecule has 0 aliphatic heterocycles. The van der Waals surface area contributed by atoms with Gasteiger partial charge in [0.15, 0.2) is 0 Å². The van der Waals surface area contributed by atoms with E-state index in [1.807, 2.05) is 0 Å². The molecule has 0 saturated heterocycles. The van der Waals surface area contributed by atoms with Gasteiger partial charge in [0.05, 0.1) is 0 Å². The van der Waals surface area contributed by atoms with Gasteiger partial charge in [-0.3, -0.25) is 9.59 Å². The van der Waals surface area contributed by atoms with Crippen LogP contribution in [0.25, 0.3) is 0 Å². The molecule has 3 amide bonds. The van der Waals surface area contributed by atoms with Crippen molar-refractivity contribution in [2.45, 2.75) is 32.2 Å². The lowest BCUT2D eigenvalue weighted by Gasteiger charge is -2.20. The molecule has 0 heterocycles. The number of nitrogens with one attached hydrogen (secondary N) is 2. The predicted octanol–water partition coefficient (Wildman–Crippen LogP) is -0.528. The molecule has 0 aromatic rings. The SMILES string of the molecule is CCNC(=O)CN(C)C(=O)N[C@H](CCCC(=O)O)C(=O)O. The molecule has 0 rings (SSSR count). The smallest absolute Gasteiger partial charge is 0.326 e. The van der Waals surface area contributed by atoms with Crippen molar-refractivity contribution in [3.05, 3.63) is 0 Å². The first-order valence-electron chi connectivity index (χ1n) is 6.50. The van der Waals surface area contributed by atoms with E-state index in [-0.39, 0.29) is 31.7 Å². The Kier molecular flexibility index (Phi) is 8.51. The molecule has 0 unspecified atom stereocenters. The third kappa shape index (κ3) is 8.45. The van der Waals surface area contributed by atoms with Gasteiger partial charge in [0.1, 0.15) is 12.6 Å². The molecule has 9 heteroatoms. The summed E-state index contributed by atoms with van der Waals surface area (Å²) < 4.78 is 0. The fourth-order valence-electron chi connectivity index (χ4n) is 1.51. The Morgan fingerprint density at radius 1 is 1.19 bits per heavy atom. The summed E-state index contributed by atoms with van der Waals surface area (Å²) in [6, 6.07) is -1.89. The Balaban J connectivity index is 4.36. The van der Waals surface area contributed by atoms with Crippen LogP contribution in [-0.2, 0) is 14.4 Å². The van der Waals surface area contributed by atoms with E-state index in [0.717, 1.165) is 4.90 Å². The van der Waals surface area contributed by atoms with Crippen molar-refractivity contribution < 1.29 is 29.4 Å². The van der Waals surface area contributed by atoms with Crippen LogP contribution in [0.1, 0.15) is 26.2 Å². The average Bonchev–Trinajstić information content (AvgIpc) is 2.36.